The first-order valence-electron chi connectivity index (χ1n) is 6.75. The molecule has 1 fully saturated rings. The minimum absolute atomic E-state index is 0.170. The molecule has 20 heavy (non-hydrogen) atoms. The van der Waals surface area contributed by atoms with Crippen molar-refractivity contribution in [1.82, 2.24) is 15.2 Å². The molecule has 2 aromatic rings. The Kier molecular flexibility index (Phi) is 2.39. The van der Waals surface area contributed by atoms with E-state index < -0.39 is 0 Å². The van der Waals surface area contributed by atoms with Gasteiger partial charge in [0.15, 0.2) is 0 Å². The molecule has 4 rings (SSSR count). The number of anilines is 1. The summed E-state index contributed by atoms with van der Waals surface area (Å²) in [6, 6.07) is 4.55. The van der Waals surface area contributed by atoms with E-state index in [0.717, 1.165) is 30.7 Å². The molecule has 1 aromatic carbocycles. The summed E-state index contributed by atoms with van der Waals surface area (Å²) in [6.07, 6.45) is 2.93. The first-order chi connectivity index (χ1) is 9.72. The number of benzene rings is 1. The quantitative estimate of drug-likeness (QED) is 0.909. The van der Waals surface area contributed by atoms with Gasteiger partial charge in [-0.15, -0.1) is 5.10 Å². The summed E-state index contributed by atoms with van der Waals surface area (Å²) >= 11 is 0. The number of carbonyl (C=O) groups excluding carboxylic acids is 1. The summed E-state index contributed by atoms with van der Waals surface area (Å²) in [5.74, 6) is 0.776. The lowest BCUT2D eigenvalue weighted by Gasteiger charge is -2.15. The molecule has 1 amide bonds. The van der Waals surface area contributed by atoms with E-state index in [9.17, 15) is 9.18 Å². The second-order valence-electron chi connectivity index (χ2n) is 5.30. The molecule has 6 heteroatoms. The number of aromatic nitrogens is 3. The predicted molar refractivity (Wildman–Crippen MR) is 70.1 cm³/mol. The fourth-order valence-electron chi connectivity index (χ4n) is 2.59. The second kappa shape index (κ2) is 4.13. The lowest BCUT2D eigenvalue weighted by atomic mass is 10.2. The third-order valence-corrected chi connectivity index (χ3v) is 3.85. The molecule has 0 saturated heterocycles. The molecule has 1 N–H and O–H groups in total. The summed E-state index contributed by atoms with van der Waals surface area (Å²) in [6.45, 7) is 0.547. The zero-order valence-corrected chi connectivity index (χ0v) is 10.8. The fourth-order valence-corrected chi connectivity index (χ4v) is 2.59. The van der Waals surface area contributed by atoms with Crippen molar-refractivity contribution in [2.75, 3.05) is 11.4 Å². The van der Waals surface area contributed by atoms with Crippen molar-refractivity contribution >= 4 is 11.6 Å². The van der Waals surface area contributed by atoms with Crippen LogP contribution >= 0.6 is 0 Å². The van der Waals surface area contributed by atoms with Crippen LogP contribution < -0.4 is 4.90 Å². The molecule has 0 radical (unpaired) electrons. The Morgan fingerprint density at radius 1 is 1.40 bits per heavy atom. The van der Waals surface area contributed by atoms with Gasteiger partial charge in [-0.3, -0.25) is 9.89 Å². The number of aromatic amines is 1. The molecule has 102 valence electrons. The van der Waals surface area contributed by atoms with Gasteiger partial charge in [-0.2, -0.15) is 0 Å². The number of carbonyl (C=O) groups is 1. The first kappa shape index (κ1) is 11.6. The Morgan fingerprint density at radius 2 is 2.25 bits per heavy atom. The Morgan fingerprint density at radius 3 is 3.05 bits per heavy atom. The summed E-state index contributed by atoms with van der Waals surface area (Å²) in [7, 11) is 0. The summed E-state index contributed by atoms with van der Waals surface area (Å²) in [5, 5.41) is 6.82. The van der Waals surface area contributed by atoms with E-state index in [1.807, 2.05) is 0 Å². The molecule has 1 aromatic heterocycles. The topological polar surface area (TPSA) is 61.9 Å². The van der Waals surface area contributed by atoms with E-state index in [1.54, 1.807) is 11.0 Å². The van der Waals surface area contributed by atoms with Crippen LogP contribution in [0.3, 0.4) is 0 Å². The van der Waals surface area contributed by atoms with E-state index in [1.165, 1.54) is 12.1 Å². The molecule has 0 unspecified atom stereocenters. The molecule has 0 atom stereocenters. The monoisotopic (exact) mass is 272 g/mol. The number of rotatable bonds is 2. The first-order valence-corrected chi connectivity index (χ1v) is 6.75. The Bertz CT molecular complexity index is 692. The molecule has 0 bridgehead atoms. The molecule has 5 nitrogen and oxygen atoms in total. The lowest BCUT2D eigenvalue weighted by Crippen LogP contribution is -2.29. The molecule has 1 aliphatic carbocycles. The highest BCUT2D eigenvalue weighted by molar-refractivity contribution is 6.04. The average molecular weight is 272 g/mol. The standard InChI is InChI=1S/C14H13FN4O/c15-10-4-3-8-5-6-19(11(8)7-10)14(20)13-16-12(17-18-13)9-1-2-9/h3-4,7,9H,1-2,5-6H2,(H,16,17,18). The molecular weight excluding hydrogens is 259 g/mol. The molecule has 0 spiro atoms. The summed E-state index contributed by atoms with van der Waals surface area (Å²) in [5.41, 5.74) is 1.62. The van der Waals surface area contributed by atoms with Gasteiger partial charge in [0.1, 0.15) is 11.6 Å². The Labute approximate surface area is 114 Å². The van der Waals surface area contributed by atoms with E-state index >= 15 is 0 Å². The van der Waals surface area contributed by atoms with Gasteiger partial charge in [-0.1, -0.05) is 6.07 Å². The number of fused-ring (bicyclic) bond motifs is 1. The van der Waals surface area contributed by atoms with Crippen LogP contribution in [-0.4, -0.2) is 27.6 Å². The van der Waals surface area contributed by atoms with Crippen molar-refractivity contribution < 1.29 is 9.18 Å². The van der Waals surface area contributed by atoms with E-state index in [0.29, 0.717) is 18.2 Å². The number of hydrogen-bond donors (Lipinski definition) is 1. The van der Waals surface area contributed by atoms with Crippen LogP contribution in [0.4, 0.5) is 10.1 Å². The zero-order chi connectivity index (χ0) is 13.7. The van der Waals surface area contributed by atoms with Crippen LogP contribution in [0.2, 0.25) is 0 Å². The molecule has 2 aliphatic rings. The number of nitrogens with zero attached hydrogens (tertiary/aromatic N) is 3. The highest BCUT2D eigenvalue weighted by Gasteiger charge is 2.31. The summed E-state index contributed by atoms with van der Waals surface area (Å²) in [4.78, 5) is 18.3. The van der Waals surface area contributed by atoms with Crippen molar-refractivity contribution in [2.45, 2.75) is 25.2 Å². The van der Waals surface area contributed by atoms with Gasteiger partial charge in [0, 0.05) is 12.5 Å². The number of amides is 1. The zero-order valence-electron chi connectivity index (χ0n) is 10.8. The molecule has 1 aliphatic heterocycles. The van der Waals surface area contributed by atoms with Crippen LogP contribution in [0.25, 0.3) is 0 Å². The van der Waals surface area contributed by atoms with Crippen LogP contribution in [0, 0.1) is 5.82 Å². The normalized spacial score (nSPS) is 17.4. The van der Waals surface area contributed by atoms with Crippen molar-refractivity contribution in [3.63, 3.8) is 0 Å². The smallest absolute Gasteiger partial charge is 0.297 e. The number of H-pyrrole nitrogens is 1. The summed E-state index contributed by atoms with van der Waals surface area (Å²) < 4.78 is 13.3. The third kappa shape index (κ3) is 1.79. The highest BCUT2D eigenvalue weighted by Crippen LogP contribution is 2.38. The van der Waals surface area contributed by atoms with Crippen molar-refractivity contribution in [2.24, 2.45) is 0 Å². The van der Waals surface area contributed by atoms with Gasteiger partial charge in [0.25, 0.3) is 5.91 Å². The van der Waals surface area contributed by atoms with Crippen molar-refractivity contribution in [3.8, 4) is 0 Å². The largest absolute Gasteiger partial charge is 0.305 e. The van der Waals surface area contributed by atoms with Crippen LogP contribution in [-0.2, 0) is 6.42 Å². The molecular formula is C14H13FN4O. The number of halogens is 1. The average Bonchev–Trinajstić information content (AvgIpc) is 3.03. The van der Waals surface area contributed by atoms with E-state index in [-0.39, 0.29) is 17.5 Å². The molecule has 1 saturated carbocycles. The van der Waals surface area contributed by atoms with Gasteiger partial charge in [-0.25, -0.2) is 9.37 Å². The van der Waals surface area contributed by atoms with Crippen LogP contribution in [0.1, 0.15) is 40.8 Å². The lowest BCUT2D eigenvalue weighted by molar-refractivity contribution is 0.0980. The minimum atomic E-state index is -0.336. The van der Waals surface area contributed by atoms with Crippen LogP contribution in [0.15, 0.2) is 18.2 Å². The highest BCUT2D eigenvalue weighted by atomic mass is 19.1. The van der Waals surface area contributed by atoms with Gasteiger partial charge in [0.2, 0.25) is 5.82 Å². The van der Waals surface area contributed by atoms with Gasteiger partial charge in [0.05, 0.1) is 5.69 Å². The van der Waals surface area contributed by atoms with Gasteiger partial charge < -0.3 is 4.90 Å². The van der Waals surface area contributed by atoms with Gasteiger partial charge in [-0.05, 0) is 37.0 Å². The predicted octanol–water partition coefficient (Wildman–Crippen LogP) is 2.02. The Hall–Kier alpha value is -2.24. The third-order valence-electron chi connectivity index (χ3n) is 3.85. The maximum absolute atomic E-state index is 13.3. The minimum Gasteiger partial charge on any atom is -0.305 e. The van der Waals surface area contributed by atoms with Crippen molar-refractivity contribution in [1.29, 1.82) is 0 Å². The fraction of sp³-hybridized carbons (Fsp3) is 0.357. The van der Waals surface area contributed by atoms with E-state index in [2.05, 4.69) is 15.2 Å². The van der Waals surface area contributed by atoms with Crippen LogP contribution in [0.5, 0.6) is 0 Å². The SMILES string of the molecule is O=C(c1n[nH]c(C2CC2)n1)N1CCc2ccc(F)cc21. The van der Waals surface area contributed by atoms with Crippen molar-refractivity contribution in [3.05, 3.63) is 41.2 Å². The van der Waals surface area contributed by atoms with E-state index in [4.69, 9.17) is 0 Å². The number of nitrogens with one attached hydrogen (secondary N) is 1. The maximum atomic E-state index is 13.3. The maximum Gasteiger partial charge on any atom is 0.297 e. The number of hydrogen-bond acceptors (Lipinski definition) is 3. The van der Waals surface area contributed by atoms with Gasteiger partial charge >= 0.3 is 0 Å². The Balaban J connectivity index is 1.64. The second-order valence-corrected chi connectivity index (χ2v) is 5.30. The molecule has 2 heterocycles.